The van der Waals surface area contributed by atoms with Crippen molar-refractivity contribution < 1.29 is 14.3 Å². The zero-order valence-electron chi connectivity index (χ0n) is 18.8. The molecule has 0 saturated heterocycles. The maximum atomic E-state index is 11.7. The van der Waals surface area contributed by atoms with E-state index in [2.05, 4.69) is 68.4 Å². The first-order valence-corrected chi connectivity index (χ1v) is 11.6. The smallest absolute Gasteiger partial charge is 0.188 e. The molecule has 0 amide bonds. The molecule has 0 bridgehead atoms. The average molecular weight is 435 g/mol. The summed E-state index contributed by atoms with van der Waals surface area (Å²) in [5.74, 6) is 0.843. The molecule has 3 rings (SSSR count). The maximum absolute atomic E-state index is 11.7. The largest absolute Gasteiger partial charge is 0.467 e. The lowest BCUT2D eigenvalue weighted by atomic mass is 9.93. The van der Waals surface area contributed by atoms with E-state index in [4.69, 9.17) is 9.47 Å². The minimum Gasteiger partial charge on any atom is -0.467 e. The average Bonchev–Trinajstić information content (AvgIpc) is 2.80. The van der Waals surface area contributed by atoms with Crippen LogP contribution in [0.3, 0.4) is 0 Å². The first-order chi connectivity index (χ1) is 15.0. The number of aldehydes is 1. The van der Waals surface area contributed by atoms with Gasteiger partial charge in [-0.25, -0.2) is 0 Å². The highest BCUT2D eigenvalue weighted by Crippen LogP contribution is 2.48. The van der Waals surface area contributed by atoms with E-state index >= 15 is 0 Å². The molecule has 0 saturated carbocycles. The summed E-state index contributed by atoms with van der Waals surface area (Å²) in [6.07, 6.45) is 2.76. The van der Waals surface area contributed by atoms with Crippen LogP contribution in [0.25, 0.3) is 0 Å². The van der Waals surface area contributed by atoms with E-state index in [1.54, 1.807) is 7.11 Å². The maximum Gasteiger partial charge on any atom is 0.188 e. The second-order valence-corrected chi connectivity index (χ2v) is 9.96. The van der Waals surface area contributed by atoms with Crippen LogP contribution in [0.2, 0.25) is 0 Å². The lowest BCUT2D eigenvalue weighted by Gasteiger charge is -2.32. The van der Waals surface area contributed by atoms with Gasteiger partial charge in [0.25, 0.3) is 0 Å². The van der Waals surface area contributed by atoms with Crippen LogP contribution in [0.5, 0.6) is 5.75 Å². The Kier molecular flexibility index (Phi) is 8.01. The fourth-order valence-electron chi connectivity index (χ4n) is 3.74. The molecule has 4 heteroatoms. The van der Waals surface area contributed by atoms with Crippen LogP contribution < -0.4 is 10.0 Å². The second-order valence-electron chi connectivity index (χ2n) is 8.06. The van der Waals surface area contributed by atoms with E-state index in [1.165, 1.54) is 11.1 Å². The van der Waals surface area contributed by atoms with Gasteiger partial charge >= 0.3 is 0 Å². The molecule has 0 aliphatic heterocycles. The zero-order valence-corrected chi connectivity index (χ0v) is 19.8. The van der Waals surface area contributed by atoms with Crippen molar-refractivity contribution in [1.82, 2.24) is 0 Å². The van der Waals surface area contributed by atoms with Crippen molar-refractivity contribution in [3.63, 3.8) is 0 Å². The summed E-state index contributed by atoms with van der Waals surface area (Å²) in [5, 5.41) is 0.930. The van der Waals surface area contributed by atoms with Crippen LogP contribution in [-0.4, -0.2) is 20.2 Å². The van der Waals surface area contributed by atoms with Crippen LogP contribution in [0.15, 0.2) is 66.7 Å². The van der Waals surface area contributed by atoms with Crippen molar-refractivity contribution in [1.29, 1.82) is 0 Å². The van der Waals surface area contributed by atoms with Gasteiger partial charge in [0.05, 0.1) is 0 Å². The first kappa shape index (κ1) is 23.2. The zero-order chi connectivity index (χ0) is 22.3. The summed E-state index contributed by atoms with van der Waals surface area (Å²) in [6, 6.07) is 23.1. The molecule has 3 aromatic rings. The number of carbonyl (C=O) groups is 1. The van der Waals surface area contributed by atoms with Gasteiger partial charge in [0.1, 0.15) is 5.75 Å². The Morgan fingerprint density at radius 2 is 1.77 bits per heavy atom. The van der Waals surface area contributed by atoms with Gasteiger partial charge in [-0.3, -0.25) is 4.79 Å². The summed E-state index contributed by atoms with van der Waals surface area (Å²) < 4.78 is 11.1. The predicted molar refractivity (Wildman–Crippen MR) is 130 cm³/mol. The van der Waals surface area contributed by atoms with Crippen molar-refractivity contribution in [3.05, 3.63) is 94.5 Å². The SMILES string of the molecule is CCC(C)(Pc1ccc(C)cc1C=O)c1cc(Cc2ccccc2)ccc1OCOC. The Morgan fingerprint density at radius 3 is 2.45 bits per heavy atom. The van der Waals surface area contributed by atoms with Crippen LogP contribution in [0.4, 0.5) is 0 Å². The van der Waals surface area contributed by atoms with Gasteiger partial charge in [-0.15, -0.1) is 0 Å². The van der Waals surface area contributed by atoms with Crippen molar-refractivity contribution in [2.75, 3.05) is 13.9 Å². The minimum absolute atomic E-state index is 0.164. The van der Waals surface area contributed by atoms with E-state index in [0.29, 0.717) is 8.58 Å². The van der Waals surface area contributed by atoms with Crippen LogP contribution in [0, 0.1) is 6.92 Å². The molecule has 31 heavy (non-hydrogen) atoms. The molecule has 2 unspecified atom stereocenters. The van der Waals surface area contributed by atoms with Gasteiger partial charge in [-0.1, -0.05) is 82.6 Å². The molecule has 0 fully saturated rings. The molecule has 0 radical (unpaired) electrons. The summed E-state index contributed by atoms with van der Waals surface area (Å²) in [5.41, 5.74) is 5.56. The third-order valence-electron chi connectivity index (χ3n) is 5.67. The van der Waals surface area contributed by atoms with Gasteiger partial charge < -0.3 is 9.47 Å². The Balaban J connectivity index is 2.02. The van der Waals surface area contributed by atoms with Crippen molar-refractivity contribution in [3.8, 4) is 5.75 Å². The molecule has 3 nitrogen and oxygen atoms in total. The van der Waals surface area contributed by atoms with Crippen LogP contribution in [-0.2, 0) is 16.3 Å². The van der Waals surface area contributed by atoms with Gasteiger partial charge in [-0.2, -0.15) is 0 Å². The van der Waals surface area contributed by atoms with Crippen LogP contribution >= 0.6 is 8.58 Å². The third kappa shape index (κ3) is 5.81. The van der Waals surface area contributed by atoms with Crippen molar-refractivity contribution in [2.45, 2.75) is 38.8 Å². The van der Waals surface area contributed by atoms with Gasteiger partial charge in [-0.05, 0) is 48.3 Å². The van der Waals surface area contributed by atoms with Crippen molar-refractivity contribution in [2.24, 2.45) is 0 Å². The molecule has 0 aromatic heterocycles. The van der Waals surface area contributed by atoms with Crippen molar-refractivity contribution >= 4 is 20.2 Å². The van der Waals surface area contributed by atoms with E-state index in [1.807, 2.05) is 19.1 Å². The fourth-order valence-corrected chi connectivity index (χ4v) is 5.28. The number of hydrogen-bond donors (Lipinski definition) is 0. The highest BCUT2D eigenvalue weighted by molar-refractivity contribution is 7.48. The second kappa shape index (κ2) is 10.7. The van der Waals surface area contributed by atoms with Crippen LogP contribution in [0.1, 0.15) is 52.9 Å². The normalized spacial score (nSPS) is 13.3. The number of hydrogen-bond acceptors (Lipinski definition) is 3. The highest BCUT2D eigenvalue weighted by atomic mass is 31.1. The standard InChI is InChI=1S/C27H31O3P/c1-5-27(3,31-26-14-11-20(2)15-23(26)18-28)24-17-22(12-13-25(24)30-19-29-4)16-21-9-7-6-8-10-21/h6-15,17-18,31H,5,16,19H2,1-4H3. The molecule has 3 aromatic carbocycles. The molecule has 0 aliphatic carbocycles. The summed E-state index contributed by atoms with van der Waals surface area (Å²) in [7, 11) is 2.07. The number of rotatable bonds is 10. The molecule has 162 valence electrons. The van der Waals surface area contributed by atoms with Gasteiger partial charge in [0.2, 0.25) is 0 Å². The number of ether oxygens (including phenoxy) is 2. The van der Waals surface area contributed by atoms with E-state index in [9.17, 15) is 4.79 Å². The Bertz CT molecular complexity index is 1020. The third-order valence-corrected chi connectivity index (χ3v) is 7.57. The fraction of sp³-hybridized carbons (Fsp3) is 0.296. The number of benzene rings is 3. The molecular formula is C27H31O3P. The molecule has 2 atom stereocenters. The summed E-state index contributed by atoms with van der Waals surface area (Å²) in [6.45, 7) is 6.69. The highest BCUT2D eigenvalue weighted by Gasteiger charge is 2.30. The van der Waals surface area contributed by atoms with E-state index in [-0.39, 0.29) is 11.9 Å². The Labute approximate surface area is 187 Å². The topological polar surface area (TPSA) is 35.5 Å². The first-order valence-electron chi connectivity index (χ1n) is 10.6. The van der Waals surface area contributed by atoms with Gasteiger partial charge in [0, 0.05) is 23.4 Å². The molecule has 0 aliphatic rings. The molecule has 0 spiro atoms. The van der Waals surface area contributed by atoms with E-state index in [0.717, 1.165) is 46.9 Å². The number of carbonyl (C=O) groups excluding carboxylic acids is 1. The monoisotopic (exact) mass is 434 g/mol. The van der Waals surface area contributed by atoms with Gasteiger partial charge in [0.15, 0.2) is 13.1 Å². The number of methoxy groups -OCH3 is 1. The Hall–Kier alpha value is -2.48. The minimum atomic E-state index is -0.164. The lowest BCUT2D eigenvalue weighted by molar-refractivity contribution is 0.0500. The summed E-state index contributed by atoms with van der Waals surface area (Å²) >= 11 is 0. The number of aryl methyl sites for hydroxylation is 1. The molecule has 0 N–H and O–H groups in total. The van der Waals surface area contributed by atoms with E-state index < -0.39 is 0 Å². The predicted octanol–water partition coefficient (Wildman–Crippen LogP) is 6.01. The molecule has 0 heterocycles. The quantitative estimate of drug-likeness (QED) is 0.223. The lowest BCUT2D eigenvalue weighted by Crippen LogP contribution is -2.21. The Morgan fingerprint density at radius 1 is 1.00 bits per heavy atom. The molecular weight excluding hydrogens is 403 g/mol. The summed E-state index contributed by atoms with van der Waals surface area (Å²) in [4.78, 5) is 11.7.